The third-order valence-corrected chi connectivity index (χ3v) is 3.33. The number of aromatic amines is 1. The van der Waals surface area contributed by atoms with Gasteiger partial charge in [-0.2, -0.15) is 13.5 Å². The largest absolute Gasteiger partial charge is 0.307 e. The topological polar surface area (TPSA) is 95.1 Å². The highest BCUT2D eigenvalue weighted by Crippen LogP contribution is 2.09. The van der Waals surface area contributed by atoms with Crippen LogP contribution in [0, 0.1) is 0 Å². The summed E-state index contributed by atoms with van der Waals surface area (Å²) in [5.41, 5.74) is 2.55. The minimum absolute atomic E-state index is 0.0741. The second-order valence-corrected chi connectivity index (χ2v) is 5.19. The van der Waals surface area contributed by atoms with Gasteiger partial charge in [-0.05, 0) is 12.1 Å². The van der Waals surface area contributed by atoms with E-state index in [1.807, 2.05) is 6.20 Å². The van der Waals surface area contributed by atoms with Crippen molar-refractivity contribution in [2.24, 2.45) is 0 Å². The number of benzene rings is 1. The maximum Gasteiger partial charge on any atom is 0.294 e. The van der Waals surface area contributed by atoms with Crippen molar-refractivity contribution in [3.05, 3.63) is 47.8 Å². The van der Waals surface area contributed by atoms with E-state index in [-0.39, 0.29) is 4.90 Å². The van der Waals surface area contributed by atoms with E-state index in [4.69, 9.17) is 4.55 Å². The lowest BCUT2D eigenvalue weighted by molar-refractivity contribution is 0.483. The number of rotatable bonds is 1. The number of H-pyrrole nitrogens is 1. The third-order valence-electron chi connectivity index (χ3n) is 2.47. The van der Waals surface area contributed by atoms with Crippen LogP contribution in [0.2, 0.25) is 0 Å². The monoisotopic (exact) mass is 267 g/mol. The maximum atomic E-state index is 10.4. The molecule has 2 heterocycles. The highest BCUT2D eigenvalue weighted by molar-refractivity contribution is 7.85. The van der Waals surface area contributed by atoms with Gasteiger partial charge in [-0.1, -0.05) is 18.2 Å². The fourth-order valence-corrected chi connectivity index (χ4v) is 2.06. The van der Waals surface area contributed by atoms with E-state index in [1.165, 1.54) is 23.4 Å². The van der Waals surface area contributed by atoms with Crippen LogP contribution in [0.1, 0.15) is 11.3 Å². The summed E-state index contributed by atoms with van der Waals surface area (Å²) in [6, 6.07) is 7.42. The molecular formula is C11H13N3O3S. The third kappa shape index (κ3) is 3.16. The summed E-state index contributed by atoms with van der Waals surface area (Å²) in [7, 11) is -4.00. The molecule has 0 spiro atoms. The van der Waals surface area contributed by atoms with Crippen molar-refractivity contribution in [1.29, 1.82) is 0 Å². The Morgan fingerprint density at radius 3 is 2.44 bits per heavy atom. The van der Waals surface area contributed by atoms with Crippen LogP contribution in [0.25, 0.3) is 0 Å². The van der Waals surface area contributed by atoms with Gasteiger partial charge in [-0.3, -0.25) is 9.65 Å². The van der Waals surface area contributed by atoms with Crippen LogP contribution in [0.4, 0.5) is 0 Å². The second kappa shape index (κ2) is 5.30. The lowest BCUT2D eigenvalue weighted by atomic mass is 10.3. The van der Waals surface area contributed by atoms with Gasteiger partial charge >= 0.3 is 0 Å². The van der Waals surface area contributed by atoms with Crippen LogP contribution in [0.3, 0.4) is 0 Å². The van der Waals surface area contributed by atoms with Gasteiger partial charge in [0.2, 0.25) is 0 Å². The number of fused-ring (bicyclic) bond motifs is 1. The first kappa shape index (κ1) is 12.7. The lowest BCUT2D eigenvalue weighted by Crippen LogP contribution is -2.01. The van der Waals surface area contributed by atoms with Gasteiger partial charge in [0, 0.05) is 18.7 Å². The van der Waals surface area contributed by atoms with E-state index in [0.717, 1.165) is 13.1 Å². The minimum Gasteiger partial charge on any atom is -0.307 e. The number of aromatic nitrogens is 2. The smallest absolute Gasteiger partial charge is 0.294 e. The highest BCUT2D eigenvalue weighted by atomic mass is 32.2. The van der Waals surface area contributed by atoms with E-state index >= 15 is 0 Å². The Morgan fingerprint density at radius 2 is 1.89 bits per heavy atom. The average molecular weight is 267 g/mol. The number of nitrogens with one attached hydrogen (secondary N) is 2. The Bertz CT molecular complexity index is 589. The molecule has 2 aromatic rings. The van der Waals surface area contributed by atoms with Gasteiger partial charge in [0.1, 0.15) is 0 Å². The summed E-state index contributed by atoms with van der Waals surface area (Å²) < 4.78 is 29.2. The zero-order valence-electron chi connectivity index (χ0n) is 9.50. The Morgan fingerprint density at radius 1 is 1.17 bits per heavy atom. The molecule has 1 aliphatic heterocycles. The molecule has 0 radical (unpaired) electrons. The molecule has 0 unspecified atom stereocenters. The predicted octanol–water partition coefficient (Wildman–Crippen LogP) is 0.946. The Balaban J connectivity index is 0.000000136. The summed E-state index contributed by atoms with van der Waals surface area (Å²) in [6.07, 6.45) is 1.87. The van der Waals surface area contributed by atoms with Crippen LogP contribution in [0.15, 0.2) is 41.4 Å². The van der Waals surface area contributed by atoms with E-state index in [1.54, 1.807) is 18.2 Å². The molecule has 0 amide bonds. The molecule has 0 fully saturated rings. The molecule has 1 aromatic carbocycles. The fourth-order valence-electron chi connectivity index (χ4n) is 1.56. The molecule has 0 saturated heterocycles. The molecular weight excluding hydrogens is 254 g/mol. The quantitative estimate of drug-likeness (QED) is 0.668. The second-order valence-electron chi connectivity index (χ2n) is 3.77. The summed E-state index contributed by atoms with van der Waals surface area (Å²) in [6.45, 7) is 1.93. The van der Waals surface area contributed by atoms with Crippen LogP contribution in [-0.2, 0) is 23.2 Å². The van der Waals surface area contributed by atoms with Gasteiger partial charge in [0.05, 0.1) is 16.8 Å². The summed E-state index contributed by atoms with van der Waals surface area (Å²) in [5, 5.41) is 9.98. The van der Waals surface area contributed by atoms with Gasteiger partial charge in [0.25, 0.3) is 10.1 Å². The normalized spacial score (nSPS) is 13.6. The minimum atomic E-state index is -4.00. The van der Waals surface area contributed by atoms with Gasteiger partial charge in [0.15, 0.2) is 0 Å². The summed E-state index contributed by atoms with van der Waals surface area (Å²) in [5.74, 6) is 0. The summed E-state index contributed by atoms with van der Waals surface area (Å²) in [4.78, 5) is -0.0741. The van der Waals surface area contributed by atoms with Crippen molar-refractivity contribution in [1.82, 2.24) is 15.5 Å². The van der Waals surface area contributed by atoms with E-state index < -0.39 is 10.1 Å². The van der Waals surface area contributed by atoms with E-state index in [2.05, 4.69) is 15.5 Å². The molecule has 96 valence electrons. The zero-order valence-corrected chi connectivity index (χ0v) is 10.3. The predicted molar refractivity (Wildman–Crippen MR) is 65.4 cm³/mol. The highest BCUT2D eigenvalue weighted by Gasteiger charge is 2.09. The average Bonchev–Trinajstić information content (AvgIpc) is 2.92. The summed E-state index contributed by atoms with van der Waals surface area (Å²) >= 11 is 0. The first-order valence-corrected chi connectivity index (χ1v) is 6.76. The van der Waals surface area contributed by atoms with E-state index in [9.17, 15) is 8.42 Å². The Labute approximate surface area is 105 Å². The number of hydrogen-bond acceptors (Lipinski definition) is 4. The molecule has 0 atom stereocenters. The molecule has 1 aliphatic rings. The molecule has 3 rings (SSSR count). The lowest BCUT2D eigenvalue weighted by Gasteiger charge is -1.92. The van der Waals surface area contributed by atoms with E-state index in [0.29, 0.717) is 0 Å². The van der Waals surface area contributed by atoms with Crippen molar-refractivity contribution in [2.45, 2.75) is 18.0 Å². The molecule has 7 heteroatoms. The zero-order chi connectivity index (χ0) is 13.0. The molecule has 18 heavy (non-hydrogen) atoms. The van der Waals surface area contributed by atoms with Crippen molar-refractivity contribution in [2.75, 3.05) is 0 Å². The molecule has 3 N–H and O–H groups in total. The first-order chi connectivity index (χ1) is 8.57. The van der Waals surface area contributed by atoms with Crippen molar-refractivity contribution in [3.8, 4) is 0 Å². The SMILES string of the molecule is O=S(=O)(O)c1ccccc1.c1n[nH]c2c1CNC2. The van der Waals surface area contributed by atoms with Gasteiger partial charge < -0.3 is 5.32 Å². The number of hydrogen-bond donors (Lipinski definition) is 3. The van der Waals surface area contributed by atoms with Gasteiger partial charge in [-0.25, -0.2) is 0 Å². The van der Waals surface area contributed by atoms with Crippen LogP contribution >= 0.6 is 0 Å². The van der Waals surface area contributed by atoms with Crippen LogP contribution in [-0.4, -0.2) is 23.2 Å². The molecule has 6 nitrogen and oxygen atoms in total. The van der Waals surface area contributed by atoms with Crippen LogP contribution < -0.4 is 5.32 Å². The molecule has 0 aliphatic carbocycles. The fraction of sp³-hybridized carbons (Fsp3) is 0.182. The Hall–Kier alpha value is -1.70. The van der Waals surface area contributed by atoms with Crippen molar-refractivity contribution >= 4 is 10.1 Å². The Kier molecular flexibility index (Phi) is 3.75. The first-order valence-electron chi connectivity index (χ1n) is 5.32. The van der Waals surface area contributed by atoms with Crippen LogP contribution in [0.5, 0.6) is 0 Å². The molecule has 0 saturated carbocycles. The molecule has 0 bridgehead atoms. The van der Waals surface area contributed by atoms with Crippen molar-refractivity contribution in [3.63, 3.8) is 0 Å². The maximum absolute atomic E-state index is 10.4. The molecule has 1 aromatic heterocycles. The number of nitrogens with zero attached hydrogens (tertiary/aromatic N) is 1. The van der Waals surface area contributed by atoms with Crippen molar-refractivity contribution < 1.29 is 13.0 Å². The standard InChI is InChI=1S/C6H6O3S.C5H7N3/c7-10(8,9)6-4-2-1-3-5-6;1-4-2-7-8-5(4)3-6-1/h1-5H,(H,7,8,9);2,6H,1,3H2,(H,7,8). The van der Waals surface area contributed by atoms with Gasteiger partial charge in [-0.15, -0.1) is 0 Å².